The fourth-order valence-electron chi connectivity index (χ4n) is 3.21. The van der Waals surface area contributed by atoms with Gasteiger partial charge in [0.2, 0.25) is 0 Å². The summed E-state index contributed by atoms with van der Waals surface area (Å²) in [4.78, 5) is 9.67. The molecule has 0 saturated heterocycles. The standard InChI is InChI=1S/C22H26N2.C5H8O.C2H6.C2H2/c1-6-24-21(18-12-14-19(15-13-18)22(3,4)5)16(2)20(23-24)17-10-8-7-9-11-17;1-3-5(2)4-6;2*1-2/h7-15H,6H2,1-5H3;3-4H,1-2H3;1-2H3;1-2H/b;5-3+;;. The molecule has 0 fully saturated rings. The zero-order chi connectivity index (χ0) is 26.3. The van der Waals surface area contributed by atoms with E-state index in [0.29, 0.717) is 0 Å². The van der Waals surface area contributed by atoms with Gasteiger partial charge in [-0.15, -0.1) is 12.8 Å². The molecule has 0 aliphatic rings. The van der Waals surface area contributed by atoms with Crippen molar-refractivity contribution in [1.29, 1.82) is 0 Å². The van der Waals surface area contributed by atoms with Gasteiger partial charge in [-0.25, -0.2) is 0 Å². The van der Waals surface area contributed by atoms with E-state index in [9.17, 15) is 4.79 Å². The van der Waals surface area contributed by atoms with Gasteiger partial charge < -0.3 is 0 Å². The van der Waals surface area contributed by atoms with Gasteiger partial charge in [-0.2, -0.15) is 5.10 Å². The van der Waals surface area contributed by atoms with Crippen LogP contribution in [0.25, 0.3) is 22.5 Å². The van der Waals surface area contributed by atoms with E-state index in [1.807, 2.05) is 26.8 Å². The summed E-state index contributed by atoms with van der Waals surface area (Å²) in [6, 6.07) is 19.4. The number of aryl methyl sites for hydroxylation is 1. The monoisotopic (exact) mass is 458 g/mol. The second kappa shape index (κ2) is 15.5. The number of hydrogen-bond acceptors (Lipinski definition) is 2. The number of terminal acetylenes is 1. The number of allylic oxidation sites excluding steroid dienone is 2. The topological polar surface area (TPSA) is 34.9 Å². The van der Waals surface area contributed by atoms with E-state index in [1.165, 1.54) is 27.9 Å². The van der Waals surface area contributed by atoms with Gasteiger partial charge in [0.1, 0.15) is 6.29 Å². The number of benzene rings is 2. The third-order valence-electron chi connectivity index (χ3n) is 5.20. The van der Waals surface area contributed by atoms with E-state index in [1.54, 1.807) is 13.0 Å². The summed E-state index contributed by atoms with van der Waals surface area (Å²) >= 11 is 0. The first-order valence-corrected chi connectivity index (χ1v) is 11.9. The second-order valence-electron chi connectivity index (χ2n) is 8.48. The third kappa shape index (κ3) is 8.52. The molecule has 182 valence electrons. The first-order chi connectivity index (χ1) is 16.2. The Morgan fingerprint density at radius 3 is 1.88 bits per heavy atom. The molecule has 3 aromatic rings. The molecule has 3 rings (SSSR count). The summed E-state index contributed by atoms with van der Waals surface area (Å²) < 4.78 is 2.11. The molecule has 0 amide bonds. The molecule has 1 aromatic heterocycles. The minimum Gasteiger partial charge on any atom is -0.298 e. The summed E-state index contributed by atoms with van der Waals surface area (Å²) in [5, 5.41) is 4.86. The van der Waals surface area contributed by atoms with Gasteiger partial charge >= 0.3 is 0 Å². The van der Waals surface area contributed by atoms with Gasteiger partial charge in [-0.05, 0) is 44.2 Å². The van der Waals surface area contributed by atoms with Crippen molar-refractivity contribution in [3.05, 3.63) is 77.4 Å². The lowest BCUT2D eigenvalue weighted by molar-refractivity contribution is -0.104. The van der Waals surface area contributed by atoms with Crippen LogP contribution in [0.1, 0.15) is 66.5 Å². The van der Waals surface area contributed by atoms with E-state index in [-0.39, 0.29) is 5.41 Å². The van der Waals surface area contributed by atoms with Crippen LogP contribution in [-0.4, -0.2) is 16.1 Å². The van der Waals surface area contributed by atoms with Crippen molar-refractivity contribution in [3.63, 3.8) is 0 Å². The van der Waals surface area contributed by atoms with Crippen LogP contribution in [0.3, 0.4) is 0 Å². The van der Waals surface area contributed by atoms with Crippen LogP contribution in [0.5, 0.6) is 0 Å². The van der Waals surface area contributed by atoms with Crippen molar-refractivity contribution in [2.24, 2.45) is 0 Å². The SMILES string of the molecule is C#C.C/C=C(\C)C=O.CC.CCn1nc(-c2ccccc2)c(C)c1-c1ccc(C(C)(C)C)cc1. The van der Waals surface area contributed by atoms with Crippen LogP contribution < -0.4 is 0 Å². The van der Waals surface area contributed by atoms with Crippen molar-refractivity contribution in [3.8, 4) is 35.4 Å². The summed E-state index contributed by atoms with van der Waals surface area (Å²) in [5.74, 6) is 0. The smallest absolute Gasteiger partial charge is 0.145 e. The molecule has 0 saturated carbocycles. The zero-order valence-corrected chi connectivity index (χ0v) is 22.5. The van der Waals surface area contributed by atoms with Crippen LogP contribution in [0.15, 0.2) is 66.2 Å². The normalized spacial score (nSPS) is 10.5. The molecular weight excluding hydrogens is 416 g/mol. The van der Waals surface area contributed by atoms with Gasteiger partial charge in [0.25, 0.3) is 0 Å². The summed E-state index contributed by atoms with van der Waals surface area (Å²) in [7, 11) is 0. The van der Waals surface area contributed by atoms with Crippen LogP contribution in [-0.2, 0) is 16.8 Å². The predicted octanol–water partition coefficient (Wildman–Crippen LogP) is 8.27. The van der Waals surface area contributed by atoms with E-state index < -0.39 is 0 Å². The maximum absolute atomic E-state index is 9.67. The molecule has 2 aromatic carbocycles. The largest absolute Gasteiger partial charge is 0.298 e. The molecule has 3 heteroatoms. The Hall–Kier alpha value is -3.38. The van der Waals surface area contributed by atoms with Gasteiger partial charge in [-0.1, -0.05) is 95.3 Å². The van der Waals surface area contributed by atoms with Crippen LogP contribution in [0.4, 0.5) is 0 Å². The minimum atomic E-state index is 0.174. The number of nitrogens with zero attached hydrogens (tertiary/aromatic N) is 2. The Bertz CT molecular complexity index is 1030. The molecule has 1 heterocycles. The Balaban J connectivity index is 0.000000938. The molecule has 0 bridgehead atoms. The van der Waals surface area contributed by atoms with Crippen LogP contribution >= 0.6 is 0 Å². The summed E-state index contributed by atoms with van der Waals surface area (Å²) in [6.45, 7) is 19.5. The van der Waals surface area contributed by atoms with Crippen molar-refractivity contribution >= 4 is 6.29 Å². The number of rotatable bonds is 4. The highest BCUT2D eigenvalue weighted by atomic mass is 16.1. The lowest BCUT2D eigenvalue weighted by atomic mass is 9.86. The number of carbonyl (C=O) groups excluding carboxylic acids is 1. The highest BCUT2D eigenvalue weighted by Crippen LogP contribution is 2.33. The number of aldehydes is 1. The van der Waals surface area contributed by atoms with Gasteiger partial charge in [0, 0.05) is 23.2 Å². The maximum atomic E-state index is 9.67. The minimum absolute atomic E-state index is 0.174. The Kier molecular flexibility index (Phi) is 13.9. The number of carbonyl (C=O) groups is 1. The molecule has 0 unspecified atom stereocenters. The predicted molar refractivity (Wildman–Crippen MR) is 149 cm³/mol. The van der Waals surface area contributed by atoms with E-state index in [0.717, 1.165) is 24.1 Å². The van der Waals surface area contributed by atoms with Crippen molar-refractivity contribution in [2.45, 2.75) is 74.3 Å². The van der Waals surface area contributed by atoms with Crippen LogP contribution in [0.2, 0.25) is 0 Å². The second-order valence-corrected chi connectivity index (χ2v) is 8.48. The highest BCUT2D eigenvalue weighted by Gasteiger charge is 2.18. The van der Waals surface area contributed by atoms with Gasteiger partial charge in [-0.3, -0.25) is 9.48 Å². The fraction of sp³-hybridized carbons (Fsp3) is 0.355. The van der Waals surface area contributed by atoms with E-state index in [2.05, 4.69) is 101 Å². The van der Waals surface area contributed by atoms with E-state index >= 15 is 0 Å². The lowest BCUT2D eigenvalue weighted by Gasteiger charge is -2.19. The lowest BCUT2D eigenvalue weighted by Crippen LogP contribution is -2.10. The quantitative estimate of drug-likeness (QED) is 0.224. The van der Waals surface area contributed by atoms with Crippen molar-refractivity contribution in [2.75, 3.05) is 0 Å². The van der Waals surface area contributed by atoms with Crippen molar-refractivity contribution < 1.29 is 4.79 Å². The van der Waals surface area contributed by atoms with Crippen LogP contribution in [0, 0.1) is 19.8 Å². The van der Waals surface area contributed by atoms with Gasteiger partial charge in [0.05, 0.1) is 11.4 Å². The molecular formula is C31H42N2O. The molecule has 0 spiro atoms. The molecule has 34 heavy (non-hydrogen) atoms. The maximum Gasteiger partial charge on any atom is 0.145 e. The molecule has 0 aliphatic heterocycles. The fourth-order valence-corrected chi connectivity index (χ4v) is 3.21. The molecule has 0 radical (unpaired) electrons. The zero-order valence-electron chi connectivity index (χ0n) is 22.5. The number of aromatic nitrogens is 2. The Labute approximate surface area is 207 Å². The summed E-state index contributed by atoms with van der Waals surface area (Å²) in [5.41, 5.74) is 8.26. The van der Waals surface area contributed by atoms with E-state index in [4.69, 9.17) is 5.10 Å². The molecule has 3 nitrogen and oxygen atoms in total. The summed E-state index contributed by atoms with van der Waals surface area (Å²) in [6.07, 6.45) is 10.6. The third-order valence-corrected chi connectivity index (χ3v) is 5.20. The molecule has 0 atom stereocenters. The Morgan fingerprint density at radius 2 is 1.50 bits per heavy atom. The Morgan fingerprint density at radius 1 is 0.971 bits per heavy atom. The first-order valence-electron chi connectivity index (χ1n) is 11.9. The highest BCUT2D eigenvalue weighted by molar-refractivity contribution is 5.74. The molecule has 0 N–H and O–H groups in total. The first kappa shape index (κ1) is 30.6. The average molecular weight is 459 g/mol. The van der Waals surface area contributed by atoms with Crippen molar-refractivity contribution in [1.82, 2.24) is 9.78 Å². The van der Waals surface area contributed by atoms with Gasteiger partial charge in [0.15, 0.2) is 0 Å². The number of hydrogen-bond donors (Lipinski definition) is 0. The average Bonchev–Trinajstić information content (AvgIpc) is 3.22. The molecule has 0 aliphatic carbocycles.